The third kappa shape index (κ3) is 3.78. The van der Waals surface area contributed by atoms with Gasteiger partial charge < -0.3 is 10.3 Å². The lowest BCUT2D eigenvalue weighted by Gasteiger charge is -2.12. The Morgan fingerprint density at radius 2 is 1.92 bits per heavy atom. The van der Waals surface area contributed by atoms with Crippen molar-refractivity contribution < 1.29 is 22.4 Å². The van der Waals surface area contributed by atoms with E-state index in [1.807, 2.05) is 0 Å². The highest BCUT2D eigenvalue weighted by Crippen LogP contribution is 2.31. The van der Waals surface area contributed by atoms with Crippen LogP contribution in [0.1, 0.15) is 21.7 Å². The van der Waals surface area contributed by atoms with Crippen LogP contribution in [0.4, 0.5) is 17.6 Å². The number of carbonyl (C=O) groups excluding carboxylic acids is 1. The Kier molecular flexibility index (Phi) is 4.43. The summed E-state index contributed by atoms with van der Waals surface area (Å²) in [5, 5.41) is 2.44. The number of nitrogens with one attached hydrogen (secondary N) is 2. The summed E-state index contributed by atoms with van der Waals surface area (Å²) in [6, 6.07) is 8.69. The molecule has 2 N–H and O–H groups in total. The fourth-order valence-corrected chi connectivity index (χ4v) is 2.47. The van der Waals surface area contributed by atoms with Gasteiger partial charge in [0.15, 0.2) is 0 Å². The molecule has 3 aromatic rings. The zero-order chi connectivity index (χ0) is 18.0. The van der Waals surface area contributed by atoms with Crippen LogP contribution in [0.5, 0.6) is 0 Å². The van der Waals surface area contributed by atoms with Crippen LogP contribution in [0.2, 0.25) is 0 Å². The van der Waals surface area contributed by atoms with Gasteiger partial charge in [-0.3, -0.25) is 4.79 Å². The average molecular weight is 351 g/mol. The standard InChI is InChI=1S/C17H13F4N3O/c18-10-5-6-13-14(9-10)24-15(23-13)7-8-22-16(25)11-3-1-2-4-12(11)17(19,20)21/h1-6,9H,7-8H2,(H,22,25)(H,23,24). The summed E-state index contributed by atoms with van der Waals surface area (Å²) in [4.78, 5) is 19.2. The van der Waals surface area contributed by atoms with Crippen molar-refractivity contribution in [2.75, 3.05) is 6.54 Å². The molecule has 3 rings (SSSR count). The van der Waals surface area contributed by atoms with Crippen molar-refractivity contribution in [1.82, 2.24) is 15.3 Å². The summed E-state index contributed by atoms with van der Waals surface area (Å²) >= 11 is 0. The third-order valence-corrected chi connectivity index (χ3v) is 3.62. The normalized spacial score (nSPS) is 11.7. The van der Waals surface area contributed by atoms with E-state index in [4.69, 9.17) is 0 Å². The smallest absolute Gasteiger partial charge is 0.352 e. The number of H-pyrrole nitrogens is 1. The number of fused-ring (bicyclic) bond motifs is 1. The zero-order valence-electron chi connectivity index (χ0n) is 12.8. The second-order valence-electron chi connectivity index (χ2n) is 5.39. The van der Waals surface area contributed by atoms with Gasteiger partial charge in [0.25, 0.3) is 5.91 Å². The topological polar surface area (TPSA) is 57.8 Å². The molecule has 1 amide bonds. The molecule has 130 valence electrons. The van der Waals surface area contributed by atoms with Crippen molar-refractivity contribution >= 4 is 16.9 Å². The van der Waals surface area contributed by atoms with Crippen LogP contribution < -0.4 is 5.32 Å². The van der Waals surface area contributed by atoms with E-state index in [0.717, 1.165) is 12.1 Å². The Hall–Kier alpha value is -2.90. The highest BCUT2D eigenvalue weighted by atomic mass is 19.4. The molecular weight excluding hydrogens is 338 g/mol. The van der Waals surface area contributed by atoms with E-state index < -0.39 is 29.0 Å². The van der Waals surface area contributed by atoms with Crippen LogP contribution >= 0.6 is 0 Å². The lowest BCUT2D eigenvalue weighted by atomic mass is 10.1. The number of benzene rings is 2. The summed E-state index contributed by atoms with van der Waals surface area (Å²) < 4.78 is 51.9. The summed E-state index contributed by atoms with van der Waals surface area (Å²) in [7, 11) is 0. The number of carbonyl (C=O) groups is 1. The largest absolute Gasteiger partial charge is 0.417 e. The average Bonchev–Trinajstić information content (AvgIpc) is 2.95. The molecule has 0 aliphatic heterocycles. The van der Waals surface area contributed by atoms with Gasteiger partial charge in [-0.25, -0.2) is 9.37 Å². The van der Waals surface area contributed by atoms with E-state index in [9.17, 15) is 22.4 Å². The first kappa shape index (κ1) is 16.9. The van der Waals surface area contributed by atoms with Gasteiger partial charge in [-0.05, 0) is 30.3 Å². The maximum Gasteiger partial charge on any atom is 0.417 e. The number of halogens is 4. The predicted molar refractivity (Wildman–Crippen MR) is 83.5 cm³/mol. The van der Waals surface area contributed by atoms with Crippen molar-refractivity contribution in [3.63, 3.8) is 0 Å². The van der Waals surface area contributed by atoms with Crippen molar-refractivity contribution in [1.29, 1.82) is 0 Å². The third-order valence-electron chi connectivity index (χ3n) is 3.62. The van der Waals surface area contributed by atoms with Gasteiger partial charge in [-0.15, -0.1) is 0 Å². The second kappa shape index (κ2) is 6.54. The van der Waals surface area contributed by atoms with Crippen molar-refractivity contribution in [2.45, 2.75) is 12.6 Å². The number of rotatable bonds is 4. The second-order valence-corrected chi connectivity index (χ2v) is 5.39. The first-order valence-electron chi connectivity index (χ1n) is 7.43. The molecule has 1 aromatic heterocycles. The number of imidazole rings is 1. The molecular formula is C17H13F4N3O. The zero-order valence-corrected chi connectivity index (χ0v) is 12.8. The molecule has 0 bridgehead atoms. The fourth-order valence-electron chi connectivity index (χ4n) is 2.47. The summed E-state index contributed by atoms with van der Waals surface area (Å²) in [5.74, 6) is -0.708. The molecule has 0 saturated heterocycles. The molecule has 0 fully saturated rings. The lowest BCUT2D eigenvalue weighted by molar-refractivity contribution is -0.137. The number of amides is 1. The number of aromatic amines is 1. The number of hydrogen-bond donors (Lipinski definition) is 2. The number of alkyl halides is 3. The van der Waals surface area contributed by atoms with Crippen LogP contribution in [-0.4, -0.2) is 22.4 Å². The summed E-state index contributed by atoms with van der Waals surface area (Å²) in [6.07, 6.45) is -4.33. The van der Waals surface area contributed by atoms with E-state index in [0.29, 0.717) is 16.9 Å². The number of hydrogen-bond acceptors (Lipinski definition) is 2. The Balaban J connectivity index is 1.66. The molecule has 0 aliphatic carbocycles. The first-order chi connectivity index (χ1) is 11.8. The Morgan fingerprint density at radius 1 is 1.16 bits per heavy atom. The van der Waals surface area contributed by atoms with Crippen molar-refractivity contribution in [3.05, 3.63) is 65.2 Å². The molecule has 4 nitrogen and oxygen atoms in total. The molecule has 8 heteroatoms. The van der Waals surface area contributed by atoms with E-state index >= 15 is 0 Å². The minimum atomic E-state index is -4.60. The van der Waals surface area contributed by atoms with Gasteiger partial charge in [0.2, 0.25) is 0 Å². The Morgan fingerprint density at radius 3 is 2.68 bits per heavy atom. The molecule has 0 radical (unpaired) electrons. The van der Waals surface area contributed by atoms with Gasteiger partial charge in [0.05, 0.1) is 22.2 Å². The predicted octanol–water partition coefficient (Wildman–Crippen LogP) is 3.69. The quantitative estimate of drug-likeness (QED) is 0.705. The van der Waals surface area contributed by atoms with E-state index in [1.54, 1.807) is 0 Å². The minimum Gasteiger partial charge on any atom is -0.352 e. The van der Waals surface area contributed by atoms with Gasteiger partial charge in [0.1, 0.15) is 11.6 Å². The van der Waals surface area contributed by atoms with Crippen LogP contribution in [0.25, 0.3) is 11.0 Å². The van der Waals surface area contributed by atoms with Crippen LogP contribution in [0.15, 0.2) is 42.5 Å². The van der Waals surface area contributed by atoms with E-state index in [1.165, 1.54) is 30.3 Å². The van der Waals surface area contributed by atoms with Crippen molar-refractivity contribution in [2.24, 2.45) is 0 Å². The molecule has 0 unspecified atom stereocenters. The molecule has 2 aromatic carbocycles. The summed E-state index contributed by atoms with van der Waals surface area (Å²) in [5.41, 5.74) is -0.317. The molecule has 0 saturated carbocycles. The summed E-state index contributed by atoms with van der Waals surface area (Å²) in [6.45, 7) is 0.0906. The highest BCUT2D eigenvalue weighted by Gasteiger charge is 2.34. The molecule has 0 aliphatic rings. The SMILES string of the molecule is O=C(NCCc1nc2ccc(F)cc2[nH]1)c1ccccc1C(F)(F)F. The minimum absolute atomic E-state index is 0.0906. The van der Waals surface area contributed by atoms with Crippen molar-refractivity contribution in [3.8, 4) is 0 Å². The molecule has 1 heterocycles. The highest BCUT2D eigenvalue weighted by molar-refractivity contribution is 5.95. The van der Waals surface area contributed by atoms with E-state index in [2.05, 4.69) is 15.3 Å². The molecule has 25 heavy (non-hydrogen) atoms. The Bertz CT molecular complexity index is 918. The van der Waals surface area contributed by atoms with Gasteiger partial charge in [-0.1, -0.05) is 12.1 Å². The lowest BCUT2D eigenvalue weighted by Crippen LogP contribution is -2.28. The van der Waals surface area contributed by atoms with E-state index in [-0.39, 0.29) is 13.0 Å². The van der Waals surface area contributed by atoms with Crippen LogP contribution in [0, 0.1) is 5.82 Å². The van der Waals surface area contributed by atoms with Crippen LogP contribution in [-0.2, 0) is 12.6 Å². The van der Waals surface area contributed by atoms with Gasteiger partial charge in [-0.2, -0.15) is 13.2 Å². The fraction of sp³-hybridized carbons (Fsp3) is 0.176. The van der Waals surface area contributed by atoms with Gasteiger partial charge >= 0.3 is 6.18 Å². The Labute approximate surface area is 139 Å². The maximum absolute atomic E-state index is 13.1. The maximum atomic E-state index is 13.1. The molecule has 0 atom stereocenters. The number of nitrogens with zero attached hydrogens (tertiary/aromatic N) is 1. The molecule has 0 spiro atoms. The monoisotopic (exact) mass is 351 g/mol. The van der Waals surface area contributed by atoms with Crippen LogP contribution in [0.3, 0.4) is 0 Å². The first-order valence-corrected chi connectivity index (χ1v) is 7.43. The van der Waals surface area contributed by atoms with Gasteiger partial charge in [0, 0.05) is 13.0 Å². The number of aromatic nitrogens is 2.